The zero-order chi connectivity index (χ0) is 13.1. The number of amides is 1. The van der Waals surface area contributed by atoms with E-state index < -0.39 is 10.8 Å². The molecule has 1 heterocycles. The Morgan fingerprint density at radius 2 is 2.06 bits per heavy atom. The highest BCUT2D eigenvalue weighted by Crippen LogP contribution is 2.23. The van der Waals surface area contributed by atoms with Crippen molar-refractivity contribution in [3.8, 4) is 5.75 Å². The number of halogens is 1. The van der Waals surface area contributed by atoms with Gasteiger partial charge in [-0.25, -0.2) is 0 Å². The Hall–Kier alpha value is -1.07. The molecule has 0 radical (unpaired) electrons. The number of aromatic hydroxyl groups is 1. The van der Waals surface area contributed by atoms with Crippen LogP contribution >= 0.6 is 11.6 Å². The molecule has 1 aliphatic rings. The predicted molar refractivity (Wildman–Crippen MR) is 71.5 cm³/mol. The standard InChI is InChI=1S/C12H14ClNO3S/c13-10-7-8(1-2-11(10)15)12(16)14-9-3-5-18(17)6-4-9/h1-2,7,9,15H,3-6H2,(H,14,16). The number of phenolic OH excluding ortho intramolecular Hbond substituents is 1. The highest BCUT2D eigenvalue weighted by atomic mass is 35.5. The van der Waals surface area contributed by atoms with Crippen molar-refractivity contribution >= 4 is 28.3 Å². The lowest BCUT2D eigenvalue weighted by molar-refractivity contribution is 0.0934. The molecule has 2 rings (SSSR count). The molecule has 1 fully saturated rings. The van der Waals surface area contributed by atoms with E-state index in [4.69, 9.17) is 11.6 Å². The second-order valence-corrected chi connectivity index (χ2v) is 6.37. The van der Waals surface area contributed by atoms with Crippen LogP contribution in [0.5, 0.6) is 5.75 Å². The van der Waals surface area contributed by atoms with Crippen LogP contribution in [-0.2, 0) is 10.8 Å². The lowest BCUT2D eigenvalue weighted by atomic mass is 10.1. The van der Waals surface area contributed by atoms with E-state index in [0.717, 1.165) is 12.8 Å². The van der Waals surface area contributed by atoms with E-state index in [1.165, 1.54) is 18.2 Å². The molecule has 0 bridgehead atoms. The first-order valence-corrected chi connectivity index (χ1v) is 7.57. The fourth-order valence-corrected chi connectivity index (χ4v) is 3.33. The molecule has 1 aromatic carbocycles. The zero-order valence-corrected chi connectivity index (χ0v) is 11.3. The average Bonchev–Trinajstić information content (AvgIpc) is 2.35. The smallest absolute Gasteiger partial charge is 0.251 e. The van der Waals surface area contributed by atoms with E-state index in [0.29, 0.717) is 17.1 Å². The minimum Gasteiger partial charge on any atom is -0.506 e. The third-order valence-corrected chi connectivity index (χ3v) is 4.62. The van der Waals surface area contributed by atoms with Gasteiger partial charge < -0.3 is 10.4 Å². The van der Waals surface area contributed by atoms with Crippen molar-refractivity contribution in [2.24, 2.45) is 0 Å². The monoisotopic (exact) mass is 287 g/mol. The Morgan fingerprint density at radius 1 is 1.39 bits per heavy atom. The van der Waals surface area contributed by atoms with Crippen LogP contribution in [0.1, 0.15) is 23.2 Å². The largest absolute Gasteiger partial charge is 0.506 e. The van der Waals surface area contributed by atoms with Crippen LogP contribution in [0.3, 0.4) is 0 Å². The summed E-state index contributed by atoms with van der Waals surface area (Å²) in [5.41, 5.74) is 0.421. The summed E-state index contributed by atoms with van der Waals surface area (Å²) in [6.45, 7) is 0. The van der Waals surface area contributed by atoms with E-state index >= 15 is 0 Å². The number of benzene rings is 1. The molecular weight excluding hydrogens is 274 g/mol. The van der Waals surface area contributed by atoms with Gasteiger partial charge in [-0.2, -0.15) is 0 Å². The van der Waals surface area contributed by atoms with Crippen molar-refractivity contribution < 1.29 is 14.1 Å². The summed E-state index contributed by atoms with van der Waals surface area (Å²) in [4.78, 5) is 11.9. The van der Waals surface area contributed by atoms with Gasteiger partial charge in [-0.05, 0) is 31.0 Å². The van der Waals surface area contributed by atoms with Gasteiger partial charge in [0.15, 0.2) is 0 Å². The first-order chi connectivity index (χ1) is 8.56. The molecule has 0 atom stereocenters. The van der Waals surface area contributed by atoms with Crippen molar-refractivity contribution in [3.05, 3.63) is 28.8 Å². The van der Waals surface area contributed by atoms with Crippen molar-refractivity contribution in [2.75, 3.05) is 11.5 Å². The SMILES string of the molecule is O=C(NC1CCS(=O)CC1)c1ccc(O)c(Cl)c1. The summed E-state index contributed by atoms with van der Waals surface area (Å²) in [5.74, 6) is 1.03. The number of hydrogen-bond donors (Lipinski definition) is 2. The van der Waals surface area contributed by atoms with Gasteiger partial charge in [0.05, 0.1) is 5.02 Å². The number of hydrogen-bond acceptors (Lipinski definition) is 3. The summed E-state index contributed by atoms with van der Waals surface area (Å²) in [6, 6.07) is 4.43. The maximum atomic E-state index is 11.9. The molecule has 0 aromatic heterocycles. The molecule has 6 heteroatoms. The van der Waals surface area contributed by atoms with Gasteiger partial charge in [0, 0.05) is 33.9 Å². The van der Waals surface area contributed by atoms with Crippen LogP contribution in [0.15, 0.2) is 18.2 Å². The highest BCUT2D eigenvalue weighted by Gasteiger charge is 2.20. The molecule has 1 saturated heterocycles. The van der Waals surface area contributed by atoms with E-state index in [9.17, 15) is 14.1 Å². The molecule has 0 saturated carbocycles. The Bertz CT molecular complexity index is 482. The van der Waals surface area contributed by atoms with E-state index in [-0.39, 0.29) is 22.7 Å². The maximum absolute atomic E-state index is 11.9. The molecule has 1 aliphatic heterocycles. The molecule has 0 unspecified atom stereocenters. The van der Waals surface area contributed by atoms with Crippen molar-refractivity contribution in [3.63, 3.8) is 0 Å². The first kappa shape index (κ1) is 13.4. The number of carbonyl (C=O) groups is 1. The Balaban J connectivity index is 1.99. The summed E-state index contributed by atoms with van der Waals surface area (Å²) >= 11 is 5.75. The lowest BCUT2D eigenvalue weighted by Gasteiger charge is -2.22. The Labute approximate surface area is 113 Å². The van der Waals surface area contributed by atoms with E-state index in [1.807, 2.05) is 0 Å². The quantitative estimate of drug-likeness (QED) is 0.870. The molecule has 18 heavy (non-hydrogen) atoms. The van der Waals surface area contributed by atoms with Crippen LogP contribution in [0.4, 0.5) is 0 Å². The number of phenols is 1. The summed E-state index contributed by atoms with van der Waals surface area (Å²) in [5, 5.41) is 12.3. The molecular formula is C12H14ClNO3S. The van der Waals surface area contributed by atoms with Crippen LogP contribution in [0, 0.1) is 0 Å². The molecule has 0 spiro atoms. The van der Waals surface area contributed by atoms with Crippen LogP contribution in [0.2, 0.25) is 5.02 Å². The molecule has 2 N–H and O–H groups in total. The van der Waals surface area contributed by atoms with E-state index in [2.05, 4.69) is 5.32 Å². The van der Waals surface area contributed by atoms with Gasteiger partial charge in [-0.1, -0.05) is 11.6 Å². The molecule has 4 nitrogen and oxygen atoms in total. The number of carbonyl (C=O) groups excluding carboxylic acids is 1. The van der Waals surface area contributed by atoms with Gasteiger partial charge in [0.1, 0.15) is 5.75 Å². The van der Waals surface area contributed by atoms with Crippen molar-refractivity contribution in [2.45, 2.75) is 18.9 Å². The maximum Gasteiger partial charge on any atom is 0.251 e. The van der Waals surface area contributed by atoms with Gasteiger partial charge in [-0.15, -0.1) is 0 Å². The van der Waals surface area contributed by atoms with Gasteiger partial charge >= 0.3 is 0 Å². The van der Waals surface area contributed by atoms with Crippen molar-refractivity contribution in [1.29, 1.82) is 0 Å². The molecule has 1 aromatic rings. The van der Waals surface area contributed by atoms with Gasteiger partial charge in [0.25, 0.3) is 5.91 Å². The second-order valence-electron chi connectivity index (χ2n) is 4.26. The summed E-state index contributed by atoms with van der Waals surface area (Å²) in [6.07, 6.45) is 1.48. The first-order valence-electron chi connectivity index (χ1n) is 5.70. The normalized spacial score (nSPS) is 23.6. The third kappa shape index (κ3) is 3.23. The number of nitrogens with one attached hydrogen (secondary N) is 1. The average molecular weight is 288 g/mol. The summed E-state index contributed by atoms with van der Waals surface area (Å²) < 4.78 is 11.2. The zero-order valence-electron chi connectivity index (χ0n) is 9.69. The highest BCUT2D eigenvalue weighted by molar-refractivity contribution is 7.85. The lowest BCUT2D eigenvalue weighted by Crippen LogP contribution is -2.39. The fraction of sp³-hybridized carbons (Fsp3) is 0.417. The molecule has 98 valence electrons. The summed E-state index contributed by atoms with van der Waals surface area (Å²) in [7, 11) is -0.732. The number of rotatable bonds is 2. The topological polar surface area (TPSA) is 66.4 Å². The van der Waals surface area contributed by atoms with Crippen LogP contribution in [-0.4, -0.2) is 32.8 Å². The minimum absolute atomic E-state index is 0.0405. The van der Waals surface area contributed by atoms with Crippen LogP contribution < -0.4 is 5.32 Å². The Morgan fingerprint density at radius 3 is 2.67 bits per heavy atom. The van der Waals surface area contributed by atoms with Gasteiger partial charge in [0.2, 0.25) is 0 Å². The van der Waals surface area contributed by atoms with Crippen LogP contribution in [0.25, 0.3) is 0 Å². The predicted octanol–water partition coefficient (Wildman–Crippen LogP) is 1.69. The van der Waals surface area contributed by atoms with Crippen molar-refractivity contribution in [1.82, 2.24) is 5.32 Å². The third-order valence-electron chi connectivity index (χ3n) is 2.93. The minimum atomic E-state index is -0.732. The fourth-order valence-electron chi connectivity index (χ4n) is 1.86. The molecule has 0 aliphatic carbocycles. The second kappa shape index (κ2) is 5.71. The molecule has 1 amide bonds. The Kier molecular flexibility index (Phi) is 4.24. The van der Waals surface area contributed by atoms with Gasteiger partial charge in [-0.3, -0.25) is 9.00 Å². The van der Waals surface area contributed by atoms with E-state index in [1.54, 1.807) is 0 Å².